The third kappa shape index (κ3) is 15.6. The highest BCUT2D eigenvalue weighted by Crippen LogP contribution is 2.52. The summed E-state index contributed by atoms with van der Waals surface area (Å²) in [6, 6.07) is 18.3. The molecule has 0 saturated carbocycles. The van der Waals surface area contributed by atoms with Crippen LogP contribution in [0.15, 0.2) is 98.5 Å². The maximum Gasteiger partial charge on any atom is 0.346 e. The predicted octanol–water partition coefficient (Wildman–Crippen LogP) is 11.6. The molecule has 5 rings (SSSR count). The molecular formula is C50H46O10S6. The van der Waals surface area contributed by atoms with Crippen LogP contribution in [-0.4, -0.2) is 60.5 Å². The molecule has 10 nitrogen and oxygen atoms in total. The van der Waals surface area contributed by atoms with Crippen LogP contribution in [0.3, 0.4) is 0 Å². The van der Waals surface area contributed by atoms with E-state index >= 15 is 0 Å². The molecule has 16 heteroatoms. The molecule has 0 radical (unpaired) electrons. The van der Waals surface area contributed by atoms with Crippen LogP contribution in [0.2, 0.25) is 0 Å². The van der Waals surface area contributed by atoms with Crippen molar-refractivity contribution in [3.8, 4) is 23.7 Å². The minimum absolute atomic E-state index is 0.0372. The highest BCUT2D eigenvalue weighted by molar-refractivity contribution is 8.30. The van der Waals surface area contributed by atoms with Gasteiger partial charge < -0.3 is 18.9 Å². The number of hydrogen-bond acceptors (Lipinski definition) is 16. The number of thioether (sulfide) groups is 6. The Morgan fingerprint density at radius 3 is 1.02 bits per heavy atom. The Hall–Kier alpha value is -4.94. The summed E-state index contributed by atoms with van der Waals surface area (Å²) < 4.78 is 23.0. The topological polar surface area (TPSA) is 139 Å². The van der Waals surface area contributed by atoms with Gasteiger partial charge >= 0.3 is 23.9 Å². The zero-order valence-corrected chi connectivity index (χ0v) is 42.0. The van der Waals surface area contributed by atoms with Crippen molar-refractivity contribution in [2.45, 2.75) is 77.0 Å². The normalized spacial score (nSPS) is 13.0. The van der Waals surface area contributed by atoms with E-state index < -0.39 is 23.9 Å². The van der Waals surface area contributed by atoms with E-state index in [9.17, 15) is 28.8 Å². The minimum Gasteiger partial charge on any atom is -0.462 e. The maximum atomic E-state index is 13.3. The molecule has 0 spiro atoms. The second kappa shape index (κ2) is 26.4. The van der Waals surface area contributed by atoms with Crippen LogP contribution in [0, 0.1) is 23.7 Å². The molecule has 0 bridgehead atoms. The van der Waals surface area contributed by atoms with Crippen LogP contribution >= 0.6 is 70.6 Å². The molecule has 342 valence electrons. The van der Waals surface area contributed by atoms with Crippen LogP contribution in [0.5, 0.6) is 0 Å². The van der Waals surface area contributed by atoms with Gasteiger partial charge in [-0.25, -0.2) is 19.2 Å². The van der Waals surface area contributed by atoms with Gasteiger partial charge in [0.25, 0.3) is 0 Å². The van der Waals surface area contributed by atoms with Gasteiger partial charge in [0.15, 0.2) is 10.2 Å². The summed E-state index contributed by atoms with van der Waals surface area (Å²) >= 11 is 6.68. The lowest BCUT2D eigenvalue weighted by Crippen LogP contribution is -2.12. The zero-order chi connectivity index (χ0) is 47.6. The van der Waals surface area contributed by atoms with Crippen molar-refractivity contribution < 1.29 is 47.7 Å². The van der Waals surface area contributed by atoms with Gasteiger partial charge in [-0.15, -0.1) is 0 Å². The SMILES string of the molecule is CCCOC(=O)C1=C(C(=O)OCCC)SC(=Cc2cc(C#Cc3ccc(SC(C)=O)cc3)c(C=C3SC(C(=O)OCCC)=C(C(=O)OCCC)S3)cc2C#Cc2ccc(SC(C)=O)cc2)S1. The largest absolute Gasteiger partial charge is 0.462 e. The number of carbonyl (C=O) groups is 6. The molecule has 0 N–H and O–H groups in total. The second-order valence-corrected chi connectivity index (χ2v) is 21.2. The lowest BCUT2D eigenvalue weighted by molar-refractivity contribution is -0.141. The molecule has 0 saturated heterocycles. The molecule has 0 atom stereocenters. The molecule has 2 aliphatic heterocycles. The third-order valence-electron chi connectivity index (χ3n) is 8.40. The number of esters is 4. The smallest absolute Gasteiger partial charge is 0.346 e. The van der Waals surface area contributed by atoms with Gasteiger partial charge in [-0.1, -0.05) is 122 Å². The second-order valence-electron chi connectivity index (χ2n) is 14.0. The maximum absolute atomic E-state index is 13.3. The van der Waals surface area contributed by atoms with Crippen molar-refractivity contribution >= 4 is 117 Å². The van der Waals surface area contributed by atoms with E-state index in [1.165, 1.54) is 13.8 Å². The molecule has 66 heavy (non-hydrogen) atoms. The van der Waals surface area contributed by atoms with Crippen molar-refractivity contribution in [3.05, 3.63) is 122 Å². The fraction of sp³-hybridized carbons (Fsp3) is 0.280. The highest BCUT2D eigenvalue weighted by Gasteiger charge is 2.34. The molecule has 0 fully saturated rings. The van der Waals surface area contributed by atoms with Gasteiger partial charge in [0.05, 0.1) is 34.9 Å². The van der Waals surface area contributed by atoms with E-state index in [4.69, 9.17) is 18.9 Å². The van der Waals surface area contributed by atoms with E-state index in [-0.39, 0.29) is 56.3 Å². The number of hydrogen-bond donors (Lipinski definition) is 0. The van der Waals surface area contributed by atoms with Crippen molar-refractivity contribution in [3.63, 3.8) is 0 Å². The van der Waals surface area contributed by atoms with E-state index in [1.54, 1.807) is 0 Å². The van der Waals surface area contributed by atoms with Crippen molar-refractivity contribution in [1.82, 2.24) is 0 Å². The van der Waals surface area contributed by atoms with E-state index in [2.05, 4.69) is 23.7 Å². The Balaban J connectivity index is 1.69. The molecule has 2 heterocycles. The quantitative estimate of drug-likeness (QED) is 0.0581. The summed E-state index contributed by atoms with van der Waals surface area (Å²) in [5.41, 5.74) is 3.70. The standard InChI is InChI=1S/C50H46O10S6/c1-7-23-57-47(53)43-44(48(54)58-24-8-2)64-41(63-43)29-37-27-36(18-12-34-15-21-40(22-16-34)62-32(6)52)38(28-35(37)17-11-33-13-19-39(20-14-33)61-31(5)51)30-42-65-45(49(55)59-25-9-3)46(66-42)50(56)60-26-10-4/h13-16,19-22,27-30H,7-10,23-26H2,1-6H3. The van der Waals surface area contributed by atoms with Crippen LogP contribution < -0.4 is 0 Å². The summed E-state index contributed by atoms with van der Waals surface area (Å²) in [5.74, 6) is 10.6. The van der Waals surface area contributed by atoms with Gasteiger partial charge in [0.1, 0.15) is 19.6 Å². The molecular weight excluding hydrogens is 953 g/mol. The number of benzene rings is 3. The Kier molecular flexibility index (Phi) is 20.8. The molecule has 0 aromatic heterocycles. The van der Waals surface area contributed by atoms with Crippen molar-refractivity contribution in [1.29, 1.82) is 0 Å². The number of carbonyl (C=O) groups excluding carboxylic acids is 6. The van der Waals surface area contributed by atoms with Crippen LogP contribution in [0.1, 0.15) is 101 Å². The predicted molar refractivity (Wildman–Crippen MR) is 270 cm³/mol. The Bertz CT molecular complexity index is 2370. The minimum atomic E-state index is -0.620. The first-order chi connectivity index (χ1) is 31.8. The van der Waals surface area contributed by atoms with Gasteiger partial charge in [0.2, 0.25) is 0 Å². The van der Waals surface area contributed by atoms with Crippen LogP contribution in [0.25, 0.3) is 12.2 Å². The lowest BCUT2D eigenvalue weighted by atomic mass is 9.98. The van der Waals surface area contributed by atoms with Gasteiger partial charge in [0, 0.05) is 45.9 Å². The summed E-state index contributed by atoms with van der Waals surface area (Å²) in [4.78, 5) is 78.7. The molecule has 0 unspecified atom stereocenters. The summed E-state index contributed by atoms with van der Waals surface area (Å²) in [5, 5.41) is -0.0745. The van der Waals surface area contributed by atoms with Crippen molar-refractivity contribution in [2.24, 2.45) is 0 Å². The first kappa shape index (κ1) is 52.0. The van der Waals surface area contributed by atoms with Crippen LogP contribution in [0.4, 0.5) is 0 Å². The summed E-state index contributed by atoms with van der Waals surface area (Å²) in [6.45, 7) is 11.3. The highest BCUT2D eigenvalue weighted by atomic mass is 32.2. The Morgan fingerprint density at radius 2 is 0.758 bits per heavy atom. The first-order valence-corrected chi connectivity index (χ1v) is 25.8. The van der Waals surface area contributed by atoms with Crippen molar-refractivity contribution in [2.75, 3.05) is 26.4 Å². The number of rotatable bonds is 16. The Morgan fingerprint density at radius 1 is 0.470 bits per heavy atom. The Labute approximate surface area is 411 Å². The van der Waals surface area contributed by atoms with E-state index in [0.717, 1.165) is 80.4 Å². The summed E-state index contributed by atoms with van der Waals surface area (Å²) in [6.07, 6.45) is 6.07. The fourth-order valence-corrected chi connectivity index (χ4v) is 11.4. The average Bonchev–Trinajstić information content (AvgIpc) is 3.93. The molecule has 3 aromatic carbocycles. The van der Waals surface area contributed by atoms with Gasteiger partial charge in [-0.3, -0.25) is 9.59 Å². The fourth-order valence-electron chi connectivity index (χ4n) is 5.49. The van der Waals surface area contributed by atoms with Crippen LogP contribution in [-0.2, 0) is 47.7 Å². The van der Waals surface area contributed by atoms with Gasteiger partial charge in [-0.2, -0.15) is 0 Å². The molecule has 0 aliphatic carbocycles. The molecule has 2 aliphatic rings. The molecule has 0 amide bonds. The van der Waals surface area contributed by atoms with Gasteiger partial charge in [-0.05, 0) is 110 Å². The molecule has 3 aromatic rings. The number of ether oxygens (including phenoxy) is 4. The van der Waals surface area contributed by atoms with E-state index in [1.807, 2.05) is 101 Å². The monoisotopic (exact) mass is 998 g/mol. The third-order valence-corrected chi connectivity index (χ3v) is 14.8. The lowest BCUT2D eigenvalue weighted by Gasteiger charge is -2.09. The first-order valence-electron chi connectivity index (χ1n) is 20.9. The average molecular weight is 999 g/mol. The summed E-state index contributed by atoms with van der Waals surface area (Å²) in [7, 11) is 0. The zero-order valence-electron chi connectivity index (χ0n) is 37.1. The van der Waals surface area contributed by atoms with E-state index in [0.29, 0.717) is 67.5 Å².